The minimum atomic E-state index is -0.709. The number of aromatic nitrogens is 2. The Labute approximate surface area is 149 Å². The molecule has 0 spiro atoms. The van der Waals surface area contributed by atoms with Gasteiger partial charge in [0.25, 0.3) is 5.91 Å². The van der Waals surface area contributed by atoms with Crippen LogP contribution in [0.3, 0.4) is 0 Å². The molecule has 0 aliphatic heterocycles. The van der Waals surface area contributed by atoms with E-state index in [1.54, 1.807) is 25.1 Å². The Morgan fingerprint density at radius 3 is 2.50 bits per heavy atom. The zero-order chi connectivity index (χ0) is 18.5. The number of nitrogens with zero attached hydrogens (tertiary/aromatic N) is 1. The minimum absolute atomic E-state index is 0.0180. The first kappa shape index (κ1) is 17.3. The molecular formula is C19H16FN3O3. The van der Waals surface area contributed by atoms with Crippen molar-refractivity contribution < 1.29 is 18.7 Å². The summed E-state index contributed by atoms with van der Waals surface area (Å²) in [4.78, 5) is 24.8. The van der Waals surface area contributed by atoms with Crippen LogP contribution in [0.1, 0.15) is 27.6 Å². The standard InChI is InChI=1S/C19H16FN3O3/c1-2-26-19(25)15-16(12-8-4-3-5-9-12)22-23-17(15)21-18(24)13-10-6-7-11-14(13)20/h3-11H,2H2,1H3,(H2,21,22,23,24). The van der Waals surface area contributed by atoms with Crippen molar-refractivity contribution in [3.8, 4) is 11.3 Å². The van der Waals surface area contributed by atoms with Gasteiger partial charge in [-0.3, -0.25) is 9.89 Å². The molecule has 2 N–H and O–H groups in total. The second kappa shape index (κ2) is 7.60. The number of H-pyrrole nitrogens is 1. The number of esters is 1. The zero-order valence-corrected chi connectivity index (χ0v) is 14.0. The first-order valence-electron chi connectivity index (χ1n) is 7.98. The molecule has 6 nitrogen and oxygen atoms in total. The van der Waals surface area contributed by atoms with Gasteiger partial charge in [0.1, 0.15) is 11.4 Å². The number of amides is 1. The lowest BCUT2D eigenvalue weighted by atomic mass is 10.1. The SMILES string of the molecule is CCOC(=O)c1c(NC(=O)c2ccccc2F)n[nH]c1-c1ccccc1. The Kier molecular flexibility index (Phi) is 5.07. The third-order valence-corrected chi connectivity index (χ3v) is 3.66. The van der Waals surface area contributed by atoms with Crippen LogP contribution in [0, 0.1) is 5.82 Å². The van der Waals surface area contributed by atoms with Crippen LogP contribution in [0.15, 0.2) is 54.6 Å². The van der Waals surface area contributed by atoms with Crippen molar-refractivity contribution in [2.24, 2.45) is 0 Å². The number of benzene rings is 2. The lowest BCUT2D eigenvalue weighted by Gasteiger charge is -2.07. The molecule has 0 aliphatic rings. The van der Waals surface area contributed by atoms with Gasteiger partial charge in [-0.15, -0.1) is 0 Å². The Morgan fingerprint density at radius 1 is 1.12 bits per heavy atom. The molecule has 1 aromatic heterocycles. The average molecular weight is 353 g/mol. The summed E-state index contributed by atoms with van der Waals surface area (Å²) >= 11 is 0. The summed E-state index contributed by atoms with van der Waals surface area (Å²) in [6.45, 7) is 1.84. The summed E-state index contributed by atoms with van der Waals surface area (Å²) in [5, 5.41) is 9.23. The lowest BCUT2D eigenvalue weighted by molar-refractivity contribution is 0.0528. The van der Waals surface area contributed by atoms with Crippen molar-refractivity contribution in [1.82, 2.24) is 10.2 Å². The van der Waals surface area contributed by atoms with Gasteiger partial charge in [0.2, 0.25) is 0 Å². The molecule has 0 atom stereocenters. The number of aromatic amines is 1. The van der Waals surface area contributed by atoms with E-state index < -0.39 is 17.7 Å². The van der Waals surface area contributed by atoms with Gasteiger partial charge in [-0.25, -0.2) is 9.18 Å². The molecule has 0 radical (unpaired) electrons. The van der Waals surface area contributed by atoms with Crippen LogP contribution in [0.5, 0.6) is 0 Å². The highest BCUT2D eigenvalue weighted by atomic mass is 19.1. The highest BCUT2D eigenvalue weighted by Gasteiger charge is 2.25. The van der Waals surface area contributed by atoms with E-state index in [0.717, 1.165) is 0 Å². The van der Waals surface area contributed by atoms with Crippen molar-refractivity contribution >= 4 is 17.7 Å². The van der Waals surface area contributed by atoms with E-state index in [9.17, 15) is 14.0 Å². The van der Waals surface area contributed by atoms with Crippen molar-refractivity contribution in [2.75, 3.05) is 11.9 Å². The summed E-state index contributed by atoms with van der Waals surface area (Å²) in [5.41, 5.74) is 1.05. The number of carbonyl (C=O) groups is 2. The molecule has 1 amide bonds. The van der Waals surface area contributed by atoms with Gasteiger partial charge in [-0.1, -0.05) is 42.5 Å². The van der Waals surface area contributed by atoms with Crippen LogP contribution in [-0.2, 0) is 4.74 Å². The Hall–Kier alpha value is -3.48. The van der Waals surface area contributed by atoms with Crippen molar-refractivity contribution in [1.29, 1.82) is 0 Å². The van der Waals surface area contributed by atoms with Crippen molar-refractivity contribution in [3.63, 3.8) is 0 Å². The van der Waals surface area contributed by atoms with E-state index in [1.807, 2.05) is 18.2 Å². The number of carbonyl (C=O) groups excluding carboxylic acids is 2. The minimum Gasteiger partial charge on any atom is -0.462 e. The quantitative estimate of drug-likeness (QED) is 0.686. The second-order valence-corrected chi connectivity index (χ2v) is 5.34. The number of ether oxygens (including phenoxy) is 1. The molecule has 1 heterocycles. The zero-order valence-electron chi connectivity index (χ0n) is 14.0. The Balaban J connectivity index is 1.99. The van der Waals surface area contributed by atoms with Crippen LogP contribution in [0.2, 0.25) is 0 Å². The van der Waals surface area contributed by atoms with Crippen molar-refractivity contribution in [3.05, 3.63) is 71.5 Å². The summed E-state index contributed by atoms with van der Waals surface area (Å²) in [6, 6.07) is 14.6. The van der Waals surface area contributed by atoms with Crippen LogP contribution >= 0.6 is 0 Å². The average Bonchev–Trinajstić information content (AvgIpc) is 3.06. The predicted octanol–water partition coefficient (Wildman–Crippen LogP) is 3.64. The molecule has 0 unspecified atom stereocenters. The largest absolute Gasteiger partial charge is 0.462 e. The number of anilines is 1. The molecule has 2 aromatic carbocycles. The van der Waals surface area contributed by atoms with Crippen LogP contribution in [0.4, 0.5) is 10.2 Å². The number of rotatable bonds is 5. The fourth-order valence-corrected chi connectivity index (χ4v) is 2.47. The van der Waals surface area contributed by atoms with Gasteiger partial charge in [0, 0.05) is 5.56 Å². The number of hydrogen-bond acceptors (Lipinski definition) is 4. The summed E-state index contributed by atoms with van der Waals surface area (Å²) < 4.78 is 18.9. The highest BCUT2D eigenvalue weighted by molar-refractivity contribution is 6.09. The van der Waals surface area contributed by atoms with Gasteiger partial charge in [0.15, 0.2) is 5.82 Å². The summed E-state index contributed by atoms with van der Waals surface area (Å²) in [5.74, 6) is -2.03. The van der Waals surface area contributed by atoms with Gasteiger partial charge < -0.3 is 10.1 Å². The molecule has 3 rings (SSSR count). The smallest absolute Gasteiger partial charge is 0.344 e. The number of halogens is 1. The summed E-state index contributed by atoms with van der Waals surface area (Å²) in [6.07, 6.45) is 0. The van der Waals surface area contributed by atoms with Crippen LogP contribution in [-0.4, -0.2) is 28.7 Å². The first-order valence-corrected chi connectivity index (χ1v) is 7.98. The number of hydrogen-bond donors (Lipinski definition) is 2. The van der Waals surface area contributed by atoms with E-state index in [0.29, 0.717) is 11.3 Å². The van der Waals surface area contributed by atoms with Gasteiger partial charge in [0.05, 0.1) is 17.9 Å². The summed E-state index contributed by atoms with van der Waals surface area (Å²) in [7, 11) is 0. The lowest BCUT2D eigenvalue weighted by Crippen LogP contribution is -2.17. The van der Waals surface area contributed by atoms with E-state index >= 15 is 0 Å². The molecule has 0 bridgehead atoms. The molecular weight excluding hydrogens is 337 g/mol. The molecule has 3 aromatic rings. The van der Waals surface area contributed by atoms with E-state index in [4.69, 9.17) is 4.74 Å². The Morgan fingerprint density at radius 2 is 1.81 bits per heavy atom. The van der Waals surface area contributed by atoms with Gasteiger partial charge in [-0.05, 0) is 19.1 Å². The van der Waals surface area contributed by atoms with E-state index in [-0.39, 0.29) is 23.6 Å². The third-order valence-electron chi connectivity index (χ3n) is 3.66. The molecule has 0 saturated heterocycles. The monoisotopic (exact) mass is 353 g/mol. The normalized spacial score (nSPS) is 10.4. The fourth-order valence-electron chi connectivity index (χ4n) is 2.47. The van der Waals surface area contributed by atoms with Gasteiger partial charge in [-0.2, -0.15) is 5.10 Å². The predicted molar refractivity (Wildman–Crippen MR) is 94.3 cm³/mol. The molecule has 0 aliphatic carbocycles. The van der Waals surface area contributed by atoms with E-state index in [1.165, 1.54) is 18.2 Å². The molecule has 26 heavy (non-hydrogen) atoms. The van der Waals surface area contributed by atoms with Crippen LogP contribution in [0.25, 0.3) is 11.3 Å². The topological polar surface area (TPSA) is 84.1 Å². The molecule has 0 saturated carbocycles. The maximum atomic E-state index is 13.8. The fraction of sp³-hybridized carbons (Fsp3) is 0.105. The Bertz CT molecular complexity index is 938. The molecule has 0 fully saturated rings. The van der Waals surface area contributed by atoms with Crippen molar-refractivity contribution in [2.45, 2.75) is 6.92 Å². The van der Waals surface area contributed by atoms with E-state index in [2.05, 4.69) is 15.5 Å². The van der Waals surface area contributed by atoms with Crippen LogP contribution < -0.4 is 5.32 Å². The maximum absolute atomic E-state index is 13.8. The van der Waals surface area contributed by atoms with Gasteiger partial charge >= 0.3 is 5.97 Å². The highest BCUT2D eigenvalue weighted by Crippen LogP contribution is 2.28. The molecule has 7 heteroatoms. The number of nitrogens with one attached hydrogen (secondary N) is 2. The molecule has 132 valence electrons. The third kappa shape index (κ3) is 3.46. The maximum Gasteiger partial charge on any atom is 0.344 e. The first-order chi connectivity index (χ1) is 12.6. The second-order valence-electron chi connectivity index (χ2n) is 5.34.